The van der Waals surface area contributed by atoms with Gasteiger partial charge in [0, 0.05) is 11.5 Å². The summed E-state index contributed by atoms with van der Waals surface area (Å²) < 4.78 is 5.88. The molecule has 1 aromatic carbocycles. The number of aromatic nitrogens is 2. The van der Waals surface area contributed by atoms with Gasteiger partial charge in [-0.25, -0.2) is 0 Å². The molecule has 6 heteroatoms. The highest BCUT2D eigenvalue weighted by molar-refractivity contribution is 9.10. The second kappa shape index (κ2) is 4.24. The normalized spacial score (nSPS) is 10.1. The predicted octanol–water partition coefficient (Wildman–Crippen LogP) is 2.93. The van der Waals surface area contributed by atoms with Crippen molar-refractivity contribution in [3.8, 4) is 11.8 Å². The minimum Gasteiger partial charge on any atom is -0.495 e. The predicted molar refractivity (Wildman–Crippen MR) is 63.5 cm³/mol. The van der Waals surface area contributed by atoms with Gasteiger partial charge in [-0.1, -0.05) is 11.6 Å². The average Bonchev–Trinajstić information content (AvgIpc) is 2.30. The number of benzene rings is 1. The van der Waals surface area contributed by atoms with Crippen molar-refractivity contribution in [2.45, 2.75) is 0 Å². The van der Waals surface area contributed by atoms with Crippen molar-refractivity contribution < 1.29 is 4.74 Å². The number of halogens is 2. The zero-order valence-electron chi connectivity index (χ0n) is 8.16. The lowest BCUT2D eigenvalue weighted by atomic mass is 10.2. The Labute approximate surface area is 105 Å². The molecule has 0 saturated heterocycles. The molecule has 0 atom stereocenters. The van der Waals surface area contributed by atoms with Gasteiger partial charge in [0.1, 0.15) is 11.8 Å². The van der Waals surface area contributed by atoms with Crippen molar-refractivity contribution in [2.24, 2.45) is 0 Å². The zero-order chi connectivity index (χ0) is 11.7. The van der Waals surface area contributed by atoms with Crippen LogP contribution in [0, 0.1) is 11.3 Å². The van der Waals surface area contributed by atoms with E-state index < -0.39 is 0 Å². The molecule has 0 unspecified atom stereocenters. The van der Waals surface area contributed by atoms with Gasteiger partial charge < -0.3 is 4.74 Å². The molecule has 2 aromatic rings. The first kappa shape index (κ1) is 11.1. The highest BCUT2D eigenvalue weighted by atomic mass is 79.9. The molecule has 0 N–H and O–H groups in total. The van der Waals surface area contributed by atoms with Crippen LogP contribution >= 0.6 is 27.5 Å². The molecule has 0 bridgehead atoms. The van der Waals surface area contributed by atoms with Crippen LogP contribution in [0.4, 0.5) is 0 Å². The Hall–Kier alpha value is -1.38. The Kier molecular flexibility index (Phi) is 2.95. The first-order valence-electron chi connectivity index (χ1n) is 4.27. The molecular formula is C10H5BrClN3O. The SMILES string of the molecule is COc1cc2nnc(C#N)c(Cl)c2cc1Br. The van der Waals surface area contributed by atoms with E-state index in [1.807, 2.05) is 6.07 Å². The molecule has 0 aliphatic rings. The fourth-order valence-corrected chi connectivity index (χ4v) is 2.04. The van der Waals surface area contributed by atoms with E-state index in [0.717, 1.165) is 4.47 Å². The van der Waals surface area contributed by atoms with Gasteiger partial charge in [-0.15, -0.1) is 10.2 Å². The first-order chi connectivity index (χ1) is 7.67. The van der Waals surface area contributed by atoms with Gasteiger partial charge in [-0.3, -0.25) is 0 Å². The molecule has 4 nitrogen and oxygen atoms in total. The quantitative estimate of drug-likeness (QED) is 0.812. The first-order valence-corrected chi connectivity index (χ1v) is 5.44. The lowest BCUT2D eigenvalue weighted by Gasteiger charge is -2.06. The van der Waals surface area contributed by atoms with Gasteiger partial charge in [-0.2, -0.15) is 5.26 Å². The number of hydrogen-bond donors (Lipinski definition) is 0. The molecule has 80 valence electrons. The highest BCUT2D eigenvalue weighted by Crippen LogP contribution is 2.33. The maximum Gasteiger partial charge on any atom is 0.182 e. The summed E-state index contributed by atoms with van der Waals surface area (Å²) >= 11 is 9.37. The van der Waals surface area contributed by atoms with Crippen molar-refractivity contribution in [1.29, 1.82) is 5.26 Å². The molecule has 0 fully saturated rings. The number of hydrogen-bond acceptors (Lipinski definition) is 4. The van der Waals surface area contributed by atoms with Crippen molar-refractivity contribution in [1.82, 2.24) is 10.2 Å². The van der Waals surface area contributed by atoms with Crippen LogP contribution in [0.5, 0.6) is 5.75 Å². The molecule has 0 amide bonds. The van der Waals surface area contributed by atoms with Crippen molar-refractivity contribution in [3.05, 3.63) is 27.3 Å². The lowest BCUT2D eigenvalue weighted by Crippen LogP contribution is -1.93. The summed E-state index contributed by atoms with van der Waals surface area (Å²) in [7, 11) is 1.56. The summed E-state index contributed by atoms with van der Waals surface area (Å²) in [5.74, 6) is 0.641. The molecule has 1 heterocycles. The van der Waals surface area contributed by atoms with E-state index >= 15 is 0 Å². The molecule has 1 aromatic heterocycles. The topological polar surface area (TPSA) is 58.8 Å². The third-order valence-electron chi connectivity index (χ3n) is 2.08. The van der Waals surface area contributed by atoms with Gasteiger partial charge in [0.15, 0.2) is 5.69 Å². The van der Waals surface area contributed by atoms with Crippen molar-refractivity contribution in [2.75, 3.05) is 7.11 Å². The largest absolute Gasteiger partial charge is 0.495 e. The van der Waals surface area contributed by atoms with Gasteiger partial charge in [-0.05, 0) is 22.0 Å². The minimum atomic E-state index is 0.117. The maximum absolute atomic E-state index is 8.77. The molecule has 0 saturated carbocycles. The van der Waals surface area contributed by atoms with E-state index in [9.17, 15) is 0 Å². The number of rotatable bonds is 1. The van der Waals surface area contributed by atoms with Crippen LogP contribution in [0.15, 0.2) is 16.6 Å². The summed E-state index contributed by atoms with van der Waals surface area (Å²) in [6.07, 6.45) is 0. The van der Waals surface area contributed by atoms with Gasteiger partial charge in [0.05, 0.1) is 22.1 Å². The monoisotopic (exact) mass is 297 g/mol. The van der Waals surface area contributed by atoms with E-state index in [0.29, 0.717) is 21.7 Å². The van der Waals surface area contributed by atoms with E-state index in [2.05, 4.69) is 26.1 Å². The molecule has 16 heavy (non-hydrogen) atoms. The molecule has 0 aliphatic carbocycles. The van der Waals surface area contributed by atoms with E-state index in [-0.39, 0.29) is 5.69 Å². The Morgan fingerprint density at radius 2 is 2.19 bits per heavy atom. The Morgan fingerprint density at radius 1 is 1.44 bits per heavy atom. The number of fused-ring (bicyclic) bond motifs is 1. The van der Waals surface area contributed by atoms with E-state index in [1.165, 1.54) is 0 Å². The average molecular weight is 299 g/mol. The summed E-state index contributed by atoms with van der Waals surface area (Å²) in [6.45, 7) is 0. The van der Waals surface area contributed by atoms with Crippen LogP contribution in [-0.2, 0) is 0 Å². The van der Waals surface area contributed by atoms with Crippen LogP contribution < -0.4 is 4.74 Å². The van der Waals surface area contributed by atoms with Crippen LogP contribution in [-0.4, -0.2) is 17.3 Å². The second-order valence-corrected chi connectivity index (χ2v) is 4.21. The molecular weight excluding hydrogens is 293 g/mol. The van der Waals surface area contributed by atoms with Crippen molar-refractivity contribution in [3.63, 3.8) is 0 Å². The van der Waals surface area contributed by atoms with Crippen LogP contribution in [0.25, 0.3) is 10.9 Å². The lowest BCUT2D eigenvalue weighted by molar-refractivity contribution is 0.412. The summed E-state index contributed by atoms with van der Waals surface area (Å²) in [5.41, 5.74) is 0.704. The zero-order valence-corrected chi connectivity index (χ0v) is 10.5. The fraction of sp³-hybridized carbons (Fsp3) is 0.100. The van der Waals surface area contributed by atoms with Crippen molar-refractivity contribution >= 4 is 38.4 Å². The van der Waals surface area contributed by atoms with Crippen LogP contribution in [0.1, 0.15) is 5.69 Å². The molecule has 0 radical (unpaired) electrons. The Morgan fingerprint density at radius 3 is 2.81 bits per heavy atom. The van der Waals surface area contributed by atoms with Gasteiger partial charge in [0.25, 0.3) is 0 Å². The Bertz CT molecular complexity index is 609. The third-order valence-corrected chi connectivity index (χ3v) is 3.08. The molecule has 0 aliphatic heterocycles. The summed E-state index contributed by atoms with van der Waals surface area (Å²) in [5, 5.41) is 17.4. The summed E-state index contributed by atoms with van der Waals surface area (Å²) in [4.78, 5) is 0. The molecule has 2 rings (SSSR count). The van der Waals surface area contributed by atoms with Gasteiger partial charge in [0.2, 0.25) is 0 Å². The number of ether oxygens (including phenoxy) is 1. The smallest absolute Gasteiger partial charge is 0.182 e. The van der Waals surface area contributed by atoms with Gasteiger partial charge >= 0.3 is 0 Å². The van der Waals surface area contributed by atoms with Crippen LogP contribution in [0.3, 0.4) is 0 Å². The summed E-state index contributed by atoms with van der Waals surface area (Å²) in [6, 6.07) is 5.35. The maximum atomic E-state index is 8.77. The number of methoxy groups -OCH3 is 1. The highest BCUT2D eigenvalue weighted by Gasteiger charge is 2.11. The van der Waals surface area contributed by atoms with E-state index in [4.69, 9.17) is 21.6 Å². The fourth-order valence-electron chi connectivity index (χ4n) is 1.30. The standard InChI is InChI=1S/C10H5BrClN3O/c1-16-9-3-7-5(2-6(9)11)10(12)8(4-13)15-14-7/h2-3H,1H3. The van der Waals surface area contributed by atoms with Crippen LogP contribution in [0.2, 0.25) is 5.02 Å². The second-order valence-electron chi connectivity index (χ2n) is 2.98. The Balaban J connectivity index is 2.82. The number of nitrogens with zero attached hydrogens (tertiary/aromatic N) is 3. The third kappa shape index (κ3) is 1.70. The molecule has 0 spiro atoms. The minimum absolute atomic E-state index is 0.117. The van der Waals surface area contributed by atoms with E-state index in [1.54, 1.807) is 19.2 Å². The number of nitriles is 1.